The van der Waals surface area contributed by atoms with Crippen molar-refractivity contribution in [2.24, 2.45) is 11.8 Å². The van der Waals surface area contributed by atoms with Crippen LogP contribution in [0.5, 0.6) is 5.75 Å². The van der Waals surface area contributed by atoms with Crippen molar-refractivity contribution in [2.75, 3.05) is 33.3 Å². The van der Waals surface area contributed by atoms with Crippen LogP contribution in [0.4, 0.5) is 0 Å². The summed E-state index contributed by atoms with van der Waals surface area (Å²) in [6.45, 7) is 2.98. The maximum atomic E-state index is 12.7. The average molecular weight is 356 g/mol. The monoisotopic (exact) mass is 356 g/mol. The van der Waals surface area contributed by atoms with Gasteiger partial charge in [-0.15, -0.1) is 0 Å². The van der Waals surface area contributed by atoms with Crippen molar-refractivity contribution in [2.45, 2.75) is 38.0 Å². The van der Waals surface area contributed by atoms with Crippen molar-refractivity contribution in [1.29, 1.82) is 0 Å². The van der Waals surface area contributed by atoms with Gasteiger partial charge in [-0.05, 0) is 55.2 Å². The third-order valence-electron chi connectivity index (χ3n) is 5.99. The van der Waals surface area contributed by atoms with Gasteiger partial charge in [0.1, 0.15) is 5.75 Å². The van der Waals surface area contributed by atoms with Crippen molar-refractivity contribution in [3.8, 4) is 5.75 Å². The SMILES string of the molecule is COc1ccc([C@@H]2C[C@H]2CC(=O)N2CCCN(C(=O)C3CC3)CC2)cc1. The molecule has 0 N–H and O–H groups in total. The van der Waals surface area contributed by atoms with E-state index >= 15 is 0 Å². The van der Waals surface area contributed by atoms with E-state index in [1.54, 1.807) is 7.11 Å². The summed E-state index contributed by atoms with van der Waals surface area (Å²) in [6, 6.07) is 8.21. The molecule has 5 heteroatoms. The number of carbonyl (C=O) groups is 2. The van der Waals surface area contributed by atoms with E-state index in [4.69, 9.17) is 4.74 Å². The molecule has 26 heavy (non-hydrogen) atoms. The van der Waals surface area contributed by atoms with Gasteiger partial charge in [-0.25, -0.2) is 0 Å². The standard InChI is InChI=1S/C21H28N2O3/c1-26-18-7-5-15(6-8-18)19-13-17(19)14-20(24)22-9-2-10-23(12-11-22)21(25)16-3-4-16/h5-8,16-17,19H,2-4,9-14H2,1H3/t17-,19-/m0/s1. The van der Waals surface area contributed by atoms with Gasteiger partial charge in [-0.2, -0.15) is 0 Å². The van der Waals surface area contributed by atoms with Crippen LogP contribution in [0.25, 0.3) is 0 Å². The minimum absolute atomic E-state index is 0.256. The normalized spacial score (nSPS) is 25.6. The zero-order chi connectivity index (χ0) is 18.1. The molecule has 1 heterocycles. The Hall–Kier alpha value is -2.04. The van der Waals surface area contributed by atoms with Gasteiger partial charge in [0.15, 0.2) is 0 Å². The molecular weight excluding hydrogens is 328 g/mol. The molecule has 2 saturated carbocycles. The number of hydrogen-bond donors (Lipinski definition) is 0. The zero-order valence-corrected chi connectivity index (χ0v) is 15.5. The second-order valence-corrected chi connectivity index (χ2v) is 7.91. The van der Waals surface area contributed by atoms with E-state index in [-0.39, 0.29) is 11.8 Å². The highest BCUT2D eigenvalue weighted by Crippen LogP contribution is 2.50. The number of benzene rings is 1. The number of methoxy groups -OCH3 is 1. The van der Waals surface area contributed by atoms with Crippen LogP contribution >= 0.6 is 0 Å². The molecule has 1 aliphatic heterocycles. The largest absolute Gasteiger partial charge is 0.497 e. The molecule has 0 unspecified atom stereocenters. The van der Waals surface area contributed by atoms with E-state index in [1.807, 2.05) is 21.9 Å². The van der Waals surface area contributed by atoms with E-state index in [0.29, 0.717) is 37.3 Å². The summed E-state index contributed by atoms with van der Waals surface area (Å²) in [4.78, 5) is 28.9. The molecule has 3 aliphatic rings. The van der Waals surface area contributed by atoms with E-state index in [2.05, 4.69) is 12.1 Å². The van der Waals surface area contributed by atoms with Crippen LogP contribution in [0.15, 0.2) is 24.3 Å². The summed E-state index contributed by atoms with van der Waals surface area (Å²) in [5.41, 5.74) is 1.31. The van der Waals surface area contributed by atoms with Crippen molar-refractivity contribution in [3.05, 3.63) is 29.8 Å². The predicted molar refractivity (Wildman–Crippen MR) is 99.0 cm³/mol. The maximum absolute atomic E-state index is 12.7. The summed E-state index contributed by atoms with van der Waals surface area (Å²) >= 11 is 0. The fourth-order valence-corrected chi connectivity index (χ4v) is 4.06. The first kappa shape index (κ1) is 17.4. The van der Waals surface area contributed by atoms with Crippen LogP contribution in [0.3, 0.4) is 0 Å². The first-order valence-electron chi connectivity index (χ1n) is 9.86. The summed E-state index contributed by atoms with van der Waals surface area (Å²) in [7, 11) is 1.67. The zero-order valence-electron chi connectivity index (χ0n) is 15.5. The molecule has 2 atom stereocenters. The lowest BCUT2D eigenvalue weighted by Gasteiger charge is -2.22. The minimum atomic E-state index is 0.256. The Labute approximate surface area is 155 Å². The van der Waals surface area contributed by atoms with Crippen LogP contribution in [0.1, 0.15) is 43.6 Å². The number of rotatable bonds is 5. The lowest BCUT2D eigenvalue weighted by molar-refractivity contribution is -0.134. The average Bonchev–Trinajstić information content (AvgIpc) is 3.55. The fraction of sp³-hybridized carbons (Fsp3) is 0.619. The Balaban J connectivity index is 1.26. The first-order valence-corrected chi connectivity index (χ1v) is 9.86. The number of amides is 2. The molecule has 0 aromatic heterocycles. The Morgan fingerprint density at radius 3 is 2.42 bits per heavy atom. The Kier molecular flexibility index (Phi) is 4.88. The Bertz CT molecular complexity index is 668. The maximum Gasteiger partial charge on any atom is 0.225 e. The predicted octanol–water partition coefficient (Wildman–Crippen LogP) is 2.66. The van der Waals surface area contributed by atoms with E-state index < -0.39 is 0 Å². The first-order chi connectivity index (χ1) is 12.7. The highest BCUT2D eigenvalue weighted by molar-refractivity contribution is 5.81. The van der Waals surface area contributed by atoms with Crippen molar-refractivity contribution >= 4 is 11.8 Å². The van der Waals surface area contributed by atoms with Gasteiger partial charge in [-0.3, -0.25) is 9.59 Å². The molecule has 0 spiro atoms. The minimum Gasteiger partial charge on any atom is -0.497 e. The highest BCUT2D eigenvalue weighted by Gasteiger charge is 2.40. The molecular formula is C21H28N2O3. The van der Waals surface area contributed by atoms with Gasteiger partial charge >= 0.3 is 0 Å². The summed E-state index contributed by atoms with van der Waals surface area (Å²) in [5.74, 6) is 2.67. The third kappa shape index (κ3) is 3.87. The van der Waals surface area contributed by atoms with Gasteiger partial charge in [0.05, 0.1) is 7.11 Å². The second-order valence-electron chi connectivity index (χ2n) is 7.91. The van der Waals surface area contributed by atoms with Crippen LogP contribution < -0.4 is 4.74 Å². The third-order valence-corrected chi connectivity index (χ3v) is 5.99. The lowest BCUT2D eigenvalue weighted by atomic mass is 10.1. The van der Waals surface area contributed by atoms with Gasteiger partial charge in [-0.1, -0.05) is 12.1 Å². The second kappa shape index (κ2) is 7.29. The van der Waals surface area contributed by atoms with Crippen LogP contribution in [-0.4, -0.2) is 54.9 Å². The van der Waals surface area contributed by atoms with Crippen LogP contribution in [0, 0.1) is 11.8 Å². The highest BCUT2D eigenvalue weighted by atomic mass is 16.5. The molecule has 2 aliphatic carbocycles. The lowest BCUT2D eigenvalue weighted by Crippen LogP contribution is -2.38. The molecule has 2 amide bonds. The van der Waals surface area contributed by atoms with Crippen molar-refractivity contribution < 1.29 is 14.3 Å². The molecule has 3 fully saturated rings. The summed E-state index contributed by atoms with van der Waals surface area (Å²) in [5, 5.41) is 0. The summed E-state index contributed by atoms with van der Waals surface area (Å²) < 4.78 is 5.21. The van der Waals surface area contributed by atoms with Gasteiger partial charge in [0.25, 0.3) is 0 Å². The smallest absolute Gasteiger partial charge is 0.225 e. The molecule has 1 aromatic carbocycles. The van der Waals surface area contributed by atoms with Gasteiger partial charge < -0.3 is 14.5 Å². The molecule has 0 bridgehead atoms. The molecule has 1 saturated heterocycles. The Morgan fingerprint density at radius 2 is 1.73 bits per heavy atom. The van der Waals surface area contributed by atoms with Crippen LogP contribution in [0.2, 0.25) is 0 Å². The quantitative estimate of drug-likeness (QED) is 0.815. The van der Waals surface area contributed by atoms with E-state index in [0.717, 1.165) is 44.5 Å². The topological polar surface area (TPSA) is 49.9 Å². The molecule has 4 rings (SSSR count). The molecule has 140 valence electrons. The number of carbonyl (C=O) groups excluding carboxylic acids is 2. The molecule has 5 nitrogen and oxygen atoms in total. The summed E-state index contributed by atoms with van der Waals surface area (Å²) in [6.07, 6.45) is 4.72. The molecule has 1 aromatic rings. The Morgan fingerprint density at radius 1 is 1.04 bits per heavy atom. The van der Waals surface area contributed by atoms with E-state index in [9.17, 15) is 9.59 Å². The number of hydrogen-bond acceptors (Lipinski definition) is 3. The number of ether oxygens (including phenoxy) is 1. The molecule has 0 radical (unpaired) electrons. The van der Waals surface area contributed by atoms with Gasteiger partial charge in [0, 0.05) is 38.5 Å². The van der Waals surface area contributed by atoms with Crippen molar-refractivity contribution in [1.82, 2.24) is 9.80 Å². The number of nitrogens with zero attached hydrogens (tertiary/aromatic N) is 2. The van der Waals surface area contributed by atoms with Crippen LogP contribution in [-0.2, 0) is 9.59 Å². The van der Waals surface area contributed by atoms with E-state index in [1.165, 1.54) is 5.56 Å². The fourth-order valence-electron chi connectivity index (χ4n) is 4.06. The van der Waals surface area contributed by atoms with Crippen molar-refractivity contribution in [3.63, 3.8) is 0 Å². The van der Waals surface area contributed by atoms with Gasteiger partial charge in [0.2, 0.25) is 11.8 Å².